The normalized spacial score (nSPS) is 17.0. The number of hydrogen-bond acceptors (Lipinski definition) is 7. The van der Waals surface area contributed by atoms with E-state index in [1.54, 1.807) is 11.8 Å². The lowest BCUT2D eigenvalue weighted by Gasteiger charge is -2.17. The third-order valence-corrected chi connectivity index (χ3v) is 6.02. The van der Waals surface area contributed by atoms with Crippen LogP contribution in [-0.4, -0.2) is 38.0 Å². The van der Waals surface area contributed by atoms with Crippen LogP contribution in [0, 0.1) is 0 Å². The lowest BCUT2D eigenvalue weighted by Crippen LogP contribution is -2.22. The van der Waals surface area contributed by atoms with Crippen LogP contribution in [0.15, 0.2) is 33.9 Å². The minimum atomic E-state index is 0.533. The zero-order valence-corrected chi connectivity index (χ0v) is 16.3. The molecule has 0 N–H and O–H groups in total. The molecular formula is C18H19ClN6OS. The molecule has 0 unspecified atom stereocenters. The molecule has 0 spiro atoms. The largest absolute Gasteiger partial charge is 0.341 e. The van der Waals surface area contributed by atoms with E-state index in [4.69, 9.17) is 16.1 Å². The zero-order valence-electron chi connectivity index (χ0n) is 14.7. The first-order valence-electron chi connectivity index (χ1n) is 9.19. The van der Waals surface area contributed by atoms with Crippen molar-refractivity contribution in [3.8, 4) is 11.4 Å². The highest BCUT2D eigenvalue weighted by Crippen LogP contribution is 2.41. The maximum atomic E-state index is 5.93. The van der Waals surface area contributed by atoms with Crippen LogP contribution in [0.1, 0.15) is 37.6 Å². The van der Waals surface area contributed by atoms with E-state index in [0.29, 0.717) is 28.5 Å². The molecule has 1 saturated carbocycles. The average molecular weight is 403 g/mol. The molecule has 1 aliphatic carbocycles. The van der Waals surface area contributed by atoms with Crippen molar-refractivity contribution in [1.82, 2.24) is 24.9 Å². The maximum Gasteiger partial charge on any atom is 0.237 e. The summed E-state index contributed by atoms with van der Waals surface area (Å²) in [4.78, 5) is 6.84. The molecule has 0 amide bonds. The third-order valence-electron chi connectivity index (χ3n) is 4.84. The van der Waals surface area contributed by atoms with E-state index in [1.807, 2.05) is 24.3 Å². The molecule has 2 aromatic heterocycles. The van der Waals surface area contributed by atoms with E-state index in [9.17, 15) is 0 Å². The van der Waals surface area contributed by atoms with Crippen LogP contribution < -0.4 is 4.90 Å². The van der Waals surface area contributed by atoms with Gasteiger partial charge in [0.15, 0.2) is 5.16 Å². The molecule has 3 heterocycles. The molecule has 140 valence electrons. The Morgan fingerprint density at radius 3 is 2.63 bits per heavy atom. The molecule has 0 radical (unpaired) electrons. The van der Waals surface area contributed by atoms with E-state index in [0.717, 1.165) is 29.8 Å². The molecule has 0 bridgehead atoms. The van der Waals surface area contributed by atoms with Gasteiger partial charge in [0.1, 0.15) is 0 Å². The number of benzene rings is 1. The van der Waals surface area contributed by atoms with Gasteiger partial charge in [-0.3, -0.25) is 4.57 Å². The quantitative estimate of drug-likeness (QED) is 0.572. The predicted molar refractivity (Wildman–Crippen MR) is 104 cm³/mol. The van der Waals surface area contributed by atoms with Crippen LogP contribution in [-0.2, 0) is 5.75 Å². The summed E-state index contributed by atoms with van der Waals surface area (Å²) in [5, 5.41) is 14.6. The Balaban J connectivity index is 1.31. The van der Waals surface area contributed by atoms with Crippen LogP contribution in [0.5, 0.6) is 0 Å². The second-order valence-corrected chi connectivity index (χ2v) is 8.26. The average Bonchev–Trinajstić information content (AvgIpc) is 3.10. The molecule has 3 aromatic rings. The minimum Gasteiger partial charge on any atom is -0.341 e. The monoisotopic (exact) mass is 402 g/mol. The van der Waals surface area contributed by atoms with Gasteiger partial charge in [-0.15, -0.1) is 10.2 Å². The van der Waals surface area contributed by atoms with Crippen molar-refractivity contribution in [1.29, 1.82) is 0 Å². The van der Waals surface area contributed by atoms with E-state index in [2.05, 4.69) is 29.8 Å². The van der Waals surface area contributed by atoms with E-state index < -0.39 is 0 Å². The molecule has 2 aliphatic rings. The second-order valence-electron chi connectivity index (χ2n) is 6.89. The third kappa shape index (κ3) is 3.55. The number of anilines is 1. The van der Waals surface area contributed by atoms with Crippen molar-refractivity contribution in [2.75, 3.05) is 18.0 Å². The van der Waals surface area contributed by atoms with E-state index in [1.165, 1.54) is 25.7 Å². The van der Waals surface area contributed by atoms with Gasteiger partial charge in [0.2, 0.25) is 17.7 Å². The fourth-order valence-electron chi connectivity index (χ4n) is 3.31. The first-order valence-corrected chi connectivity index (χ1v) is 10.6. The number of thioether (sulfide) groups is 1. The van der Waals surface area contributed by atoms with Crippen molar-refractivity contribution < 1.29 is 4.52 Å². The Hall–Kier alpha value is -2.06. The summed E-state index contributed by atoms with van der Waals surface area (Å²) in [6.45, 7) is 2.15. The molecule has 0 atom stereocenters. The van der Waals surface area contributed by atoms with Crippen LogP contribution in [0.4, 0.5) is 5.95 Å². The van der Waals surface area contributed by atoms with Gasteiger partial charge in [0, 0.05) is 29.7 Å². The number of aromatic nitrogens is 5. The Morgan fingerprint density at radius 2 is 1.89 bits per heavy atom. The maximum absolute atomic E-state index is 5.93. The lowest BCUT2D eigenvalue weighted by molar-refractivity contribution is 0.391. The Kier molecular flexibility index (Phi) is 4.53. The molecule has 27 heavy (non-hydrogen) atoms. The molecule has 2 fully saturated rings. The molecule has 9 heteroatoms. The Bertz CT molecular complexity index is 930. The second kappa shape index (κ2) is 7.16. The smallest absolute Gasteiger partial charge is 0.237 e. The molecule has 5 rings (SSSR count). The van der Waals surface area contributed by atoms with Crippen molar-refractivity contribution in [3.63, 3.8) is 0 Å². The van der Waals surface area contributed by atoms with Crippen molar-refractivity contribution >= 4 is 29.3 Å². The summed E-state index contributed by atoms with van der Waals surface area (Å²) in [5.41, 5.74) is 0.886. The number of hydrogen-bond donors (Lipinski definition) is 0. The predicted octanol–water partition coefficient (Wildman–Crippen LogP) is 4.21. The van der Waals surface area contributed by atoms with Crippen LogP contribution in [0.3, 0.4) is 0 Å². The number of rotatable bonds is 6. The molecular weight excluding hydrogens is 384 g/mol. The summed E-state index contributed by atoms with van der Waals surface area (Å²) >= 11 is 7.53. The first-order chi connectivity index (χ1) is 13.3. The molecule has 1 saturated heterocycles. The van der Waals surface area contributed by atoms with Gasteiger partial charge in [0.25, 0.3) is 0 Å². The molecule has 1 aliphatic heterocycles. The highest BCUT2D eigenvalue weighted by Gasteiger charge is 2.32. The fourth-order valence-corrected chi connectivity index (χ4v) is 4.27. The highest BCUT2D eigenvalue weighted by molar-refractivity contribution is 7.98. The molecule has 1 aromatic carbocycles. The van der Waals surface area contributed by atoms with Gasteiger partial charge in [-0.05, 0) is 49.9 Å². The summed E-state index contributed by atoms with van der Waals surface area (Å²) in [6, 6.07) is 7.94. The van der Waals surface area contributed by atoms with Gasteiger partial charge < -0.3 is 9.42 Å². The number of nitrogens with zero attached hydrogens (tertiary/aromatic N) is 6. The van der Waals surface area contributed by atoms with E-state index in [-0.39, 0.29) is 0 Å². The topological polar surface area (TPSA) is 72.9 Å². The minimum absolute atomic E-state index is 0.533. The van der Waals surface area contributed by atoms with Gasteiger partial charge in [-0.25, -0.2) is 0 Å². The van der Waals surface area contributed by atoms with Gasteiger partial charge >= 0.3 is 0 Å². The van der Waals surface area contributed by atoms with Gasteiger partial charge in [0.05, 0.1) is 5.75 Å². The van der Waals surface area contributed by atoms with Crippen LogP contribution >= 0.6 is 23.4 Å². The van der Waals surface area contributed by atoms with Crippen molar-refractivity contribution in [2.24, 2.45) is 0 Å². The Morgan fingerprint density at radius 1 is 1.11 bits per heavy atom. The van der Waals surface area contributed by atoms with Crippen molar-refractivity contribution in [2.45, 2.75) is 42.6 Å². The zero-order chi connectivity index (χ0) is 18.2. The van der Waals surface area contributed by atoms with Gasteiger partial charge in [-0.2, -0.15) is 4.98 Å². The fraction of sp³-hybridized carbons (Fsp3) is 0.444. The summed E-state index contributed by atoms with van der Waals surface area (Å²) in [7, 11) is 0. The standard InChI is InChI=1S/C18H19ClN6OS/c19-13-5-3-12(4-6-13)16-20-15(26-23-16)11-27-18-22-21-17(24-9-1-2-10-24)25(18)14-7-8-14/h3-6,14H,1-2,7-11H2. The summed E-state index contributed by atoms with van der Waals surface area (Å²) in [5.74, 6) is 2.75. The number of halogens is 1. The highest BCUT2D eigenvalue weighted by atomic mass is 35.5. The van der Waals surface area contributed by atoms with Gasteiger partial charge in [-0.1, -0.05) is 28.5 Å². The van der Waals surface area contributed by atoms with Crippen molar-refractivity contribution in [3.05, 3.63) is 35.2 Å². The molecule has 7 nitrogen and oxygen atoms in total. The first kappa shape index (κ1) is 17.1. The van der Waals surface area contributed by atoms with Crippen LogP contribution in [0.25, 0.3) is 11.4 Å². The lowest BCUT2D eigenvalue weighted by atomic mass is 10.2. The Labute approximate surface area is 166 Å². The van der Waals surface area contributed by atoms with E-state index >= 15 is 0 Å². The summed E-state index contributed by atoms with van der Waals surface area (Å²) < 4.78 is 7.71. The SMILES string of the molecule is Clc1ccc(-c2noc(CSc3nnc(N4CCCC4)n3C3CC3)n2)cc1. The van der Waals surface area contributed by atoms with Crippen LogP contribution in [0.2, 0.25) is 5.02 Å². The summed E-state index contributed by atoms with van der Waals surface area (Å²) in [6.07, 6.45) is 4.87.